The molecule has 0 aromatic carbocycles. The van der Waals surface area contributed by atoms with Gasteiger partial charge < -0.3 is 15.2 Å². The van der Waals surface area contributed by atoms with Gasteiger partial charge in [0.15, 0.2) is 0 Å². The van der Waals surface area contributed by atoms with Crippen LogP contribution in [0.3, 0.4) is 0 Å². The summed E-state index contributed by atoms with van der Waals surface area (Å²) >= 11 is 0. The molecule has 6 heteroatoms. The van der Waals surface area contributed by atoms with E-state index in [1.54, 1.807) is 6.92 Å². The molecule has 0 saturated carbocycles. The highest BCUT2D eigenvalue weighted by Crippen LogP contribution is 2.04. The third-order valence-corrected chi connectivity index (χ3v) is 2.37. The Hall–Kier alpha value is -1.95. The van der Waals surface area contributed by atoms with Gasteiger partial charge in [0, 0.05) is 19.3 Å². The third kappa shape index (κ3) is 5.05. The molecule has 1 rings (SSSR count). The van der Waals surface area contributed by atoms with Crippen molar-refractivity contribution in [2.75, 3.05) is 19.8 Å². The van der Waals surface area contributed by atoms with Crippen molar-refractivity contribution < 1.29 is 19.4 Å². The van der Waals surface area contributed by atoms with E-state index >= 15 is 0 Å². The van der Waals surface area contributed by atoms with E-state index in [2.05, 4.69) is 10.3 Å². The van der Waals surface area contributed by atoms with Crippen LogP contribution in [-0.2, 0) is 4.74 Å². The highest BCUT2D eigenvalue weighted by atomic mass is 16.5. The van der Waals surface area contributed by atoms with Crippen LogP contribution in [0.15, 0.2) is 18.3 Å². The Morgan fingerprint density at radius 1 is 1.42 bits per heavy atom. The molecule has 0 aliphatic heterocycles. The minimum absolute atomic E-state index is 0.104. The van der Waals surface area contributed by atoms with Gasteiger partial charge in [-0.2, -0.15) is 0 Å². The van der Waals surface area contributed by atoms with Gasteiger partial charge in [0.2, 0.25) is 0 Å². The van der Waals surface area contributed by atoms with Crippen LogP contribution >= 0.6 is 0 Å². The summed E-state index contributed by atoms with van der Waals surface area (Å²) in [5.74, 6) is -0.816. The molecule has 0 saturated heterocycles. The minimum atomic E-state index is -0.473. The maximum atomic E-state index is 11.8. The molecule has 1 heterocycles. The highest BCUT2D eigenvalue weighted by molar-refractivity contribution is 5.96. The molecule has 0 bridgehead atoms. The van der Waals surface area contributed by atoms with Crippen molar-refractivity contribution in [2.45, 2.75) is 19.8 Å². The average molecular weight is 266 g/mol. The number of hydrogen-bond donors (Lipinski definition) is 2. The fourth-order valence-corrected chi connectivity index (χ4v) is 1.43. The zero-order valence-corrected chi connectivity index (χ0v) is 10.9. The van der Waals surface area contributed by atoms with Crippen LogP contribution in [0.2, 0.25) is 0 Å². The second-order valence-corrected chi connectivity index (χ2v) is 3.84. The first-order valence-corrected chi connectivity index (χ1v) is 6.21. The molecule has 2 N–H and O–H groups in total. The van der Waals surface area contributed by atoms with Crippen molar-refractivity contribution in [1.82, 2.24) is 10.3 Å². The Kier molecular flexibility index (Phi) is 6.52. The number of carbonyl (C=O) groups excluding carboxylic acids is 2. The van der Waals surface area contributed by atoms with Crippen molar-refractivity contribution in [1.29, 1.82) is 0 Å². The standard InChI is InChI=1S/C13H18N2O4/c1-2-19-13(18)10-5-7-14-11(9-10)12(17)15-6-3-4-8-16/h5,7,9,16H,2-4,6,8H2,1H3,(H,15,17). The van der Waals surface area contributed by atoms with Crippen molar-refractivity contribution in [2.24, 2.45) is 0 Å². The SMILES string of the molecule is CCOC(=O)c1ccnc(C(=O)NCCCCO)c1. The van der Waals surface area contributed by atoms with Gasteiger partial charge in [0.05, 0.1) is 12.2 Å². The van der Waals surface area contributed by atoms with Gasteiger partial charge in [0.25, 0.3) is 5.91 Å². The van der Waals surface area contributed by atoms with Crippen LogP contribution in [0, 0.1) is 0 Å². The third-order valence-electron chi connectivity index (χ3n) is 2.37. The zero-order chi connectivity index (χ0) is 14.1. The summed E-state index contributed by atoms with van der Waals surface area (Å²) in [5.41, 5.74) is 0.479. The predicted octanol–water partition coefficient (Wildman–Crippen LogP) is 0.761. The number of nitrogens with one attached hydrogen (secondary N) is 1. The van der Waals surface area contributed by atoms with Crippen molar-refractivity contribution in [3.05, 3.63) is 29.6 Å². The molecule has 0 radical (unpaired) electrons. The monoisotopic (exact) mass is 266 g/mol. The summed E-state index contributed by atoms with van der Waals surface area (Å²) in [6.07, 6.45) is 2.73. The number of amides is 1. The number of carbonyl (C=O) groups is 2. The molecule has 0 unspecified atom stereocenters. The summed E-state index contributed by atoms with van der Waals surface area (Å²) in [5, 5.41) is 11.3. The lowest BCUT2D eigenvalue weighted by Gasteiger charge is -2.05. The second kappa shape index (κ2) is 8.20. The van der Waals surface area contributed by atoms with E-state index < -0.39 is 5.97 Å². The van der Waals surface area contributed by atoms with Gasteiger partial charge in [-0.25, -0.2) is 4.79 Å². The Morgan fingerprint density at radius 3 is 2.89 bits per heavy atom. The maximum Gasteiger partial charge on any atom is 0.338 e. The molecule has 1 aromatic rings. The smallest absolute Gasteiger partial charge is 0.338 e. The van der Waals surface area contributed by atoms with E-state index in [1.165, 1.54) is 18.3 Å². The number of nitrogens with zero attached hydrogens (tertiary/aromatic N) is 1. The minimum Gasteiger partial charge on any atom is -0.462 e. The summed E-state index contributed by atoms with van der Waals surface area (Å²) in [6, 6.07) is 2.90. The molecule has 0 spiro atoms. The fraction of sp³-hybridized carbons (Fsp3) is 0.462. The van der Waals surface area contributed by atoms with E-state index in [-0.39, 0.29) is 24.8 Å². The predicted molar refractivity (Wildman–Crippen MR) is 68.8 cm³/mol. The summed E-state index contributed by atoms with van der Waals surface area (Å²) < 4.78 is 4.85. The fourth-order valence-electron chi connectivity index (χ4n) is 1.43. The molecule has 6 nitrogen and oxygen atoms in total. The first-order chi connectivity index (χ1) is 9.19. The molecule has 0 atom stereocenters. The van der Waals surface area contributed by atoms with E-state index in [0.717, 1.165) is 0 Å². The van der Waals surface area contributed by atoms with E-state index in [9.17, 15) is 9.59 Å². The molecule has 19 heavy (non-hydrogen) atoms. The molecule has 0 aliphatic carbocycles. The lowest BCUT2D eigenvalue weighted by Crippen LogP contribution is -2.25. The number of aliphatic hydroxyl groups is 1. The van der Waals surface area contributed by atoms with E-state index in [4.69, 9.17) is 9.84 Å². The number of esters is 1. The van der Waals surface area contributed by atoms with Gasteiger partial charge in [-0.15, -0.1) is 0 Å². The quantitative estimate of drug-likeness (QED) is 0.562. The molecule has 1 aromatic heterocycles. The van der Waals surface area contributed by atoms with Crippen molar-refractivity contribution in [3.8, 4) is 0 Å². The Morgan fingerprint density at radius 2 is 2.21 bits per heavy atom. The number of aromatic nitrogens is 1. The molecule has 0 fully saturated rings. The van der Waals surface area contributed by atoms with Gasteiger partial charge in [-0.3, -0.25) is 9.78 Å². The largest absolute Gasteiger partial charge is 0.462 e. The maximum absolute atomic E-state index is 11.8. The van der Waals surface area contributed by atoms with Gasteiger partial charge in [-0.1, -0.05) is 0 Å². The average Bonchev–Trinajstić information content (AvgIpc) is 2.44. The van der Waals surface area contributed by atoms with Crippen LogP contribution in [0.1, 0.15) is 40.6 Å². The Balaban J connectivity index is 2.60. The van der Waals surface area contributed by atoms with Gasteiger partial charge >= 0.3 is 5.97 Å². The van der Waals surface area contributed by atoms with E-state index in [0.29, 0.717) is 24.9 Å². The first-order valence-electron chi connectivity index (χ1n) is 6.21. The summed E-state index contributed by atoms with van der Waals surface area (Å²) in [4.78, 5) is 27.2. The number of aliphatic hydroxyl groups excluding tert-OH is 1. The van der Waals surface area contributed by atoms with Crippen molar-refractivity contribution in [3.63, 3.8) is 0 Å². The number of unbranched alkanes of at least 4 members (excludes halogenated alkanes) is 1. The number of pyridine rings is 1. The second-order valence-electron chi connectivity index (χ2n) is 3.84. The van der Waals surface area contributed by atoms with Crippen LogP contribution in [0.4, 0.5) is 0 Å². The summed E-state index contributed by atoms with van der Waals surface area (Å²) in [6.45, 7) is 2.56. The van der Waals surface area contributed by atoms with Crippen LogP contribution < -0.4 is 5.32 Å². The van der Waals surface area contributed by atoms with Gasteiger partial charge in [-0.05, 0) is 31.9 Å². The van der Waals surface area contributed by atoms with Crippen LogP contribution in [-0.4, -0.2) is 41.7 Å². The molecular formula is C13H18N2O4. The first kappa shape index (κ1) is 15.1. The number of rotatable bonds is 7. The number of hydrogen-bond acceptors (Lipinski definition) is 5. The Labute approximate surface area is 111 Å². The lowest BCUT2D eigenvalue weighted by atomic mass is 10.2. The number of ether oxygens (including phenoxy) is 1. The van der Waals surface area contributed by atoms with Crippen LogP contribution in [0.5, 0.6) is 0 Å². The summed E-state index contributed by atoms with van der Waals surface area (Å²) in [7, 11) is 0. The normalized spacial score (nSPS) is 10.0. The van der Waals surface area contributed by atoms with Crippen LogP contribution in [0.25, 0.3) is 0 Å². The molecule has 0 aliphatic rings. The highest BCUT2D eigenvalue weighted by Gasteiger charge is 2.11. The van der Waals surface area contributed by atoms with Crippen molar-refractivity contribution >= 4 is 11.9 Å². The lowest BCUT2D eigenvalue weighted by molar-refractivity contribution is 0.0526. The molecular weight excluding hydrogens is 248 g/mol. The topological polar surface area (TPSA) is 88.5 Å². The zero-order valence-electron chi connectivity index (χ0n) is 10.9. The molecule has 104 valence electrons. The molecule has 1 amide bonds. The Bertz CT molecular complexity index is 434. The van der Waals surface area contributed by atoms with E-state index in [1.807, 2.05) is 0 Å². The van der Waals surface area contributed by atoms with Gasteiger partial charge in [0.1, 0.15) is 5.69 Å².